The van der Waals surface area contributed by atoms with Gasteiger partial charge in [-0.3, -0.25) is 5.32 Å². The summed E-state index contributed by atoms with van der Waals surface area (Å²) in [5.74, 6) is -1.69. The zero-order valence-corrected chi connectivity index (χ0v) is 13.1. The van der Waals surface area contributed by atoms with Crippen LogP contribution in [0.4, 0.5) is 9.80 Å². The molecule has 8 heteroatoms. The first-order valence-electron chi connectivity index (χ1n) is 6.26. The number of carbonyl (C=O) groups is 3. The molecule has 1 heterocycles. The van der Waals surface area contributed by atoms with E-state index in [1.165, 1.54) is 25.2 Å². The van der Waals surface area contributed by atoms with E-state index >= 15 is 0 Å². The van der Waals surface area contributed by atoms with E-state index in [1.807, 2.05) is 0 Å². The fourth-order valence-corrected chi connectivity index (χ4v) is 2.39. The molecule has 1 rings (SSSR count). The maximum atomic E-state index is 11.8. The number of carboxylic acid groups (broad SMARTS) is 1. The quantitative estimate of drug-likeness (QED) is 0.723. The van der Waals surface area contributed by atoms with Crippen molar-refractivity contribution >= 4 is 34.3 Å². The number of aliphatic carboxylic acids is 1. The summed E-state index contributed by atoms with van der Waals surface area (Å²) < 4.78 is 4.93. The van der Waals surface area contributed by atoms with E-state index in [1.54, 1.807) is 19.2 Å². The molecule has 3 N–H and O–H groups in total. The molecule has 0 aromatic carbocycles. The zero-order valence-electron chi connectivity index (χ0n) is 12.3. The van der Waals surface area contributed by atoms with E-state index in [0.29, 0.717) is 10.6 Å². The van der Waals surface area contributed by atoms with Crippen molar-refractivity contribution in [3.8, 4) is 0 Å². The molecule has 0 spiro atoms. The summed E-state index contributed by atoms with van der Waals surface area (Å²) in [6.45, 7) is 6.37. The number of rotatable bonds is 5. The van der Waals surface area contributed by atoms with Crippen molar-refractivity contribution < 1.29 is 24.2 Å². The Kier molecular flexibility index (Phi) is 5.31. The van der Waals surface area contributed by atoms with Gasteiger partial charge < -0.3 is 15.2 Å². The Morgan fingerprint density at radius 3 is 2.52 bits per heavy atom. The van der Waals surface area contributed by atoms with Crippen molar-refractivity contribution in [1.29, 1.82) is 0 Å². The molecular formula is C13H18N2O5S. The first-order valence-corrected chi connectivity index (χ1v) is 7.14. The predicted octanol–water partition coefficient (Wildman–Crippen LogP) is 2.22. The van der Waals surface area contributed by atoms with Gasteiger partial charge in [-0.2, -0.15) is 0 Å². The second-order valence-electron chi connectivity index (χ2n) is 4.85. The number of anilines is 1. The summed E-state index contributed by atoms with van der Waals surface area (Å²) in [5, 5.41) is 15.8. The summed E-state index contributed by atoms with van der Waals surface area (Å²) >= 11 is 1.17. The van der Waals surface area contributed by atoms with Crippen molar-refractivity contribution in [3.63, 3.8) is 0 Å². The highest BCUT2D eigenvalue weighted by molar-refractivity contribution is 7.15. The Balaban J connectivity index is 2.87. The molecule has 7 nitrogen and oxygen atoms in total. The van der Waals surface area contributed by atoms with E-state index < -0.39 is 23.5 Å². The van der Waals surface area contributed by atoms with Gasteiger partial charge in [-0.05, 0) is 38.6 Å². The third-order valence-corrected chi connectivity index (χ3v) is 3.66. The molecule has 0 bridgehead atoms. The zero-order chi connectivity index (χ0) is 16.2. The van der Waals surface area contributed by atoms with Gasteiger partial charge in [-0.25, -0.2) is 14.4 Å². The third kappa shape index (κ3) is 4.19. The predicted molar refractivity (Wildman–Crippen MR) is 78.9 cm³/mol. The number of esters is 1. The SMILES string of the molecule is CCOC(=O)c1c(C)csc1NC(=O)NC(C)(C)C(=O)O. The molecule has 0 aliphatic carbocycles. The Morgan fingerprint density at radius 2 is 2.00 bits per heavy atom. The van der Waals surface area contributed by atoms with Crippen LogP contribution in [0.25, 0.3) is 0 Å². The minimum Gasteiger partial charge on any atom is -0.480 e. The van der Waals surface area contributed by atoms with Crippen molar-refractivity contribution in [2.24, 2.45) is 0 Å². The molecule has 0 saturated heterocycles. The van der Waals surface area contributed by atoms with Crippen LogP contribution in [0.3, 0.4) is 0 Å². The van der Waals surface area contributed by atoms with Gasteiger partial charge >= 0.3 is 18.0 Å². The maximum absolute atomic E-state index is 11.8. The van der Waals surface area contributed by atoms with Crippen LogP contribution in [0.15, 0.2) is 5.38 Å². The Hall–Kier alpha value is -2.09. The van der Waals surface area contributed by atoms with E-state index in [2.05, 4.69) is 10.6 Å². The number of carboxylic acids is 1. The summed E-state index contributed by atoms with van der Waals surface area (Å²) in [5.41, 5.74) is -0.447. The number of aryl methyl sites for hydroxylation is 1. The molecule has 0 aliphatic heterocycles. The fraction of sp³-hybridized carbons (Fsp3) is 0.462. The van der Waals surface area contributed by atoms with Crippen molar-refractivity contribution in [2.75, 3.05) is 11.9 Å². The lowest BCUT2D eigenvalue weighted by molar-refractivity contribution is -0.142. The second kappa shape index (κ2) is 6.57. The molecule has 0 aliphatic rings. The summed E-state index contributed by atoms with van der Waals surface area (Å²) in [7, 11) is 0. The highest BCUT2D eigenvalue weighted by Gasteiger charge is 2.29. The first kappa shape index (κ1) is 17.0. The molecule has 1 aromatic rings. The van der Waals surface area contributed by atoms with Crippen LogP contribution in [0.2, 0.25) is 0 Å². The van der Waals surface area contributed by atoms with E-state index in [-0.39, 0.29) is 12.2 Å². The molecular weight excluding hydrogens is 296 g/mol. The highest BCUT2D eigenvalue weighted by Crippen LogP contribution is 2.28. The molecule has 0 fully saturated rings. The van der Waals surface area contributed by atoms with Gasteiger partial charge in [-0.1, -0.05) is 0 Å². The number of amides is 2. The average molecular weight is 314 g/mol. The smallest absolute Gasteiger partial charge is 0.341 e. The third-order valence-electron chi connectivity index (χ3n) is 2.64. The van der Waals surface area contributed by atoms with Crippen LogP contribution in [0, 0.1) is 6.92 Å². The van der Waals surface area contributed by atoms with Gasteiger partial charge in [0.2, 0.25) is 0 Å². The van der Waals surface area contributed by atoms with Gasteiger partial charge in [0.15, 0.2) is 0 Å². The van der Waals surface area contributed by atoms with Crippen molar-refractivity contribution in [1.82, 2.24) is 5.32 Å². The standard InChI is InChI=1S/C13H18N2O5S/c1-5-20-10(16)8-7(2)6-21-9(8)14-12(19)15-13(3,4)11(17)18/h6H,5H2,1-4H3,(H,17,18)(H2,14,15,19). The minimum atomic E-state index is -1.42. The van der Waals surface area contributed by atoms with Gasteiger partial charge in [0.1, 0.15) is 10.5 Å². The normalized spacial score (nSPS) is 10.9. The number of ether oxygens (including phenoxy) is 1. The molecule has 116 valence electrons. The second-order valence-corrected chi connectivity index (χ2v) is 5.73. The number of thiophene rings is 1. The molecule has 0 atom stereocenters. The topological polar surface area (TPSA) is 105 Å². The van der Waals surface area contributed by atoms with Gasteiger partial charge in [0, 0.05) is 0 Å². The van der Waals surface area contributed by atoms with Gasteiger partial charge in [0.05, 0.1) is 12.2 Å². The van der Waals surface area contributed by atoms with Gasteiger partial charge in [-0.15, -0.1) is 11.3 Å². The van der Waals surface area contributed by atoms with Crippen LogP contribution >= 0.6 is 11.3 Å². The van der Waals surface area contributed by atoms with E-state index in [9.17, 15) is 14.4 Å². The van der Waals surface area contributed by atoms with Crippen LogP contribution < -0.4 is 10.6 Å². The Bertz CT molecular complexity index is 565. The van der Waals surface area contributed by atoms with Crippen molar-refractivity contribution in [2.45, 2.75) is 33.2 Å². The van der Waals surface area contributed by atoms with E-state index in [4.69, 9.17) is 9.84 Å². The minimum absolute atomic E-state index is 0.228. The van der Waals surface area contributed by atoms with Crippen LogP contribution in [-0.2, 0) is 9.53 Å². The molecule has 21 heavy (non-hydrogen) atoms. The Morgan fingerprint density at radius 1 is 1.38 bits per heavy atom. The lowest BCUT2D eigenvalue weighted by Gasteiger charge is -2.21. The monoisotopic (exact) mass is 314 g/mol. The number of carbonyl (C=O) groups excluding carboxylic acids is 2. The largest absolute Gasteiger partial charge is 0.480 e. The molecule has 2 amide bonds. The molecule has 0 saturated carbocycles. The van der Waals surface area contributed by atoms with Gasteiger partial charge in [0.25, 0.3) is 0 Å². The lowest BCUT2D eigenvalue weighted by Crippen LogP contribution is -2.51. The van der Waals surface area contributed by atoms with Crippen LogP contribution in [0.5, 0.6) is 0 Å². The highest BCUT2D eigenvalue weighted by atomic mass is 32.1. The average Bonchev–Trinajstić information content (AvgIpc) is 2.69. The van der Waals surface area contributed by atoms with Crippen molar-refractivity contribution in [3.05, 3.63) is 16.5 Å². The number of urea groups is 1. The summed E-state index contributed by atoms with van der Waals surface area (Å²) in [6.07, 6.45) is 0. The van der Waals surface area contributed by atoms with Crippen LogP contribution in [-0.4, -0.2) is 35.2 Å². The Labute approximate surface area is 126 Å². The first-order chi connectivity index (χ1) is 9.69. The summed E-state index contributed by atoms with van der Waals surface area (Å²) in [4.78, 5) is 34.6. The van der Waals surface area contributed by atoms with E-state index in [0.717, 1.165) is 0 Å². The lowest BCUT2D eigenvalue weighted by atomic mass is 10.1. The molecule has 1 aromatic heterocycles. The molecule has 0 unspecified atom stereocenters. The number of hydrogen-bond acceptors (Lipinski definition) is 5. The number of hydrogen-bond donors (Lipinski definition) is 3. The summed E-state index contributed by atoms with van der Waals surface area (Å²) in [6, 6.07) is -0.699. The van der Waals surface area contributed by atoms with Crippen LogP contribution in [0.1, 0.15) is 36.7 Å². The fourth-order valence-electron chi connectivity index (χ4n) is 1.46. The maximum Gasteiger partial charge on any atom is 0.341 e. The molecule has 0 radical (unpaired) electrons. The number of nitrogens with one attached hydrogen (secondary N) is 2.